The van der Waals surface area contributed by atoms with Crippen molar-refractivity contribution in [3.63, 3.8) is 0 Å². The molecule has 0 radical (unpaired) electrons. The summed E-state index contributed by atoms with van der Waals surface area (Å²) in [6.45, 7) is 4.66. The quantitative estimate of drug-likeness (QED) is 0.373. The Bertz CT molecular complexity index is 1210. The van der Waals surface area contributed by atoms with Gasteiger partial charge in [0.1, 0.15) is 11.9 Å². The highest BCUT2D eigenvalue weighted by molar-refractivity contribution is 5.96. The molecule has 178 valence electrons. The van der Waals surface area contributed by atoms with E-state index >= 15 is 0 Å². The lowest BCUT2D eigenvalue weighted by molar-refractivity contribution is -0.117. The maximum atomic E-state index is 13.1. The molecule has 1 aliphatic heterocycles. The smallest absolute Gasteiger partial charge is 0.247 e. The number of amides is 1. The Morgan fingerprint density at radius 3 is 2.82 bits per heavy atom. The summed E-state index contributed by atoms with van der Waals surface area (Å²) >= 11 is 0. The van der Waals surface area contributed by atoms with E-state index in [1.807, 2.05) is 18.7 Å². The van der Waals surface area contributed by atoms with Crippen LogP contribution in [0.15, 0.2) is 24.4 Å². The number of nitrogens with one attached hydrogen (secondary N) is 2. The van der Waals surface area contributed by atoms with Crippen molar-refractivity contribution >= 4 is 29.2 Å². The summed E-state index contributed by atoms with van der Waals surface area (Å²) in [5.74, 6) is 0.891. The molecule has 1 fully saturated rings. The topological polar surface area (TPSA) is 121 Å². The Morgan fingerprint density at radius 1 is 1.24 bits per heavy atom. The van der Waals surface area contributed by atoms with Gasteiger partial charge in [0.05, 0.1) is 23.3 Å². The van der Waals surface area contributed by atoms with Crippen molar-refractivity contribution in [2.24, 2.45) is 0 Å². The van der Waals surface area contributed by atoms with Crippen molar-refractivity contribution in [3.8, 4) is 0 Å². The zero-order chi connectivity index (χ0) is 23.8. The Balaban J connectivity index is 1.42. The molecule has 3 aromatic heterocycles. The molecule has 1 saturated heterocycles. The zero-order valence-electron chi connectivity index (χ0n) is 19.1. The molecule has 3 N–H and O–H groups in total. The van der Waals surface area contributed by atoms with Gasteiger partial charge in [0.2, 0.25) is 17.8 Å². The van der Waals surface area contributed by atoms with E-state index in [0.717, 1.165) is 47.5 Å². The van der Waals surface area contributed by atoms with E-state index in [1.165, 1.54) is 18.3 Å². The predicted octanol–water partition coefficient (Wildman–Crippen LogP) is 3.41. The molecule has 1 atom stereocenters. The van der Waals surface area contributed by atoms with Gasteiger partial charge in [0.15, 0.2) is 5.82 Å². The van der Waals surface area contributed by atoms with Crippen LogP contribution >= 0.6 is 0 Å². The third kappa shape index (κ3) is 4.25. The maximum absolute atomic E-state index is 13.1. The number of hydrogen-bond acceptors (Lipinski definition) is 8. The third-order valence-electron chi connectivity index (χ3n) is 6.28. The highest BCUT2D eigenvalue weighted by atomic mass is 19.1. The van der Waals surface area contributed by atoms with Crippen molar-refractivity contribution in [1.82, 2.24) is 24.9 Å². The summed E-state index contributed by atoms with van der Waals surface area (Å²) in [6, 6.07) is 4.04. The first-order chi connectivity index (χ1) is 16.4. The fraction of sp³-hybridized carbons (Fsp3) is 0.435. The number of aryl methyl sites for hydroxylation is 1. The van der Waals surface area contributed by atoms with Crippen molar-refractivity contribution < 1.29 is 14.4 Å². The van der Waals surface area contributed by atoms with Gasteiger partial charge in [0.25, 0.3) is 0 Å². The third-order valence-corrected chi connectivity index (χ3v) is 6.28. The molecule has 0 bridgehead atoms. The van der Waals surface area contributed by atoms with Gasteiger partial charge < -0.3 is 20.7 Å². The van der Waals surface area contributed by atoms with E-state index in [1.54, 1.807) is 6.07 Å². The van der Waals surface area contributed by atoms with Crippen LogP contribution in [0.5, 0.6) is 0 Å². The highest BCUT2D eigenvalue weighted by Crippen LogP contribution is 2.33. The van der Waals surface area contributed by atoms with Crippen LogP contribution < -0.4 is 15.5 Å². The fourth-order valence-corrected chi connectivity index (χ4v) is 4.48. The molecule has 1 aliphatic carbocycles. The van der Waals surface area contributed by atoms with Crippen molar-refractivity contribution in [1.29, 1.82) is 0 Å². The van der Waals surface area contributed by atoms with Crippen molar-refractivity contribution in [2.75, 3.05) is 22.1 Å². The van der Waals surface area contributed by atoms with Crippen LogP contribution in [0, 0.1) is 5.95 Å². The SMILES string of the molecule is CC(C)c1cc(Nc2nc(N3CCC[C@@H]3C(=O)Nc3ccc(F)nc3)nc3c2CCC3)n(O)n1. The first kappa shape index (κ1) is 22.1. The van der Waals surface area contributed by atoms with Gasteiger partial charge in [-0.3, -0.25) is 4.79 Å². The molecule has 1 amide bonds. The predicted molar refractivity (Wildman–Crippen MR) is 124 cm³/mol. The molecule has 0 saturated carbocycles. The van der Waals surface area contributed by atoms with Gasteiger partial charge in [-0.1, -0.05) is 18.7 Å². The zero-order valence-corrected chi connectivity index (χ0v) is 19.1. The number of halogens is 1. The van der Waals surface area contributed by atoms with Crippen LogP contribution in [-0.4, -0.2) is 48.6 Å². The summed E-state index contributed by atoms with van der Waals surface area (Å²) in [5.41, 5.74) is 3.18. The Kier molecular flexibility index (Phi) is 5.76. The maximum Gasteiger partial charge on any atom is 0.247 e. The largest absolute Gasteiger partial charge is 0.410 e. The average molecular weight is 467 g/mol. The summed E-state index contributed by atoms with van der Waals surface area (Å²) in [6.07, 6.45) is 5.43. The normalized spacial score (nSPS) is 17.3. The molecule has 2 aliphatic rings. The Hall–Kier alpha value is -3.76. The molecular formula is C23H27FN8O2. The molecule has 3 aromatic rings. The number of fused-ring (bicyclic) bond motifs is 1. The second-order valence-corrected chi connectivity index (χ2v) is 8.98. The van der Waals surface area contributed by atoms with Gasteiger partial charge in [-0.15, -0.1) is 5.10 Å². The number of pyridine rings is 1. The van der Waals surface area contributed by atoms with E-state index in [9.17, 15) is 14.4 Å². The lowest BCUT2D eigenvalue weighted by atomic mass is 10.1. The number of aromatic nitrogens is 5. The lowest BCUT2D eigenvalue weighted by Crippen LogP contribution is -2.40. The first-order valence-corrected chi connectivity index (χ1v) is 11.5. The number of anilines is 4. The van der Waals surface area contributed by atoms with Crippen LogP contribution in [-0.2, 0) is 17.6 Å². The molecule has 11 heteroatoms. The fourth-order valence-electron chi connectivity index (χ4n) is 4.48. The molecule has 4 heterocycles. The summed E-state index contributed by atoms with van der Waals surface area (Å²) in [5, 5.41) is 20.4. The monoisotopic (exact) mass is 466 g/mol. The molecule has 0 aromatic carbocycles. The molecule has 34 heavy (non-hydrogen) atoms. The Labute approximate surface area is 196 Å². The van der Waals surface area contributed by atoms with Crippen LogP contribution in [0.25, 0.3) is 0 Å². The second-order valence-electron chi connectivity index (χ2n) is 8.98. The molecule has 0 spiro atoms. The van der Waals surface area contributed by atoms with Crippen LogP contribution in [0.3, 0.4) is 0 Å². The number of nitrogens with zero attached hydrogens (tertiary/aromatic N) is 6. The number of carbonyl (C=O) groups excluding carboxylic acids is 1. The van der Waals surface area contributed by atoms with Gasteiger partial charge in [0, 0.05) is 18.2 Å². The molecule has 10 nitrogen and oxygen atoms in total. The van der Waals surface area contributed by atoms with Gasteiger partial charge in [-0.05, 0) is 50.2 Å². The number of carbonyl (C=O) groups is 1. The average Bonchev–Trinajstić information content (AvgIpc) is 3.55. The first-order valence-electron chi connectivity index (χ1n) is 11.5. The minimum atomic E-state index is -0.600. The van der Waals surface area contributed by atoms with E-state index < -0.39 is 12.0 Å². The van der Waals surface area contributed by atoms with E-state index in [2.05, 4.69) is 20.7 Å². The van der Waals surface area contributed by atoms with E-state index in [-0.39, 0.29) is 11.8 Å². The van der Waals surface area contributed by atoms with Gasteiger partial charge >= 0.3 is 0 Å². The van der Waals surface area contributed by atoms with Crippen LogP contribution in [0.4, 0.5) is 27.7 Å². The van der Waals surface area contributed by atoms with E-state index in [0.29, 0.717) is 36.2 Å². The minimum Gasteiger partial charge on any atom is -0.410 e. The van der Waals surface area contributed by atoms with Crippen molar-refractivity contribution in [2.45, 2.75) is 57.9 Å². The van der Waals surface area contributed by atoms with Crippen LogP contribution in [0.1, 0.15) is 56.0 Å². The summed E-state index contributed by atoms with van der Waals surface area (Å²) < 4.78 is 13.1. The molecular weight excluding hydrogens is 439 g/mol. The van der Waals surface area contributed by atoms with Gasteiger partial charge in [-0.25, -0.2) is 9.97 Å². The van der Waals surface area contributed by atoms with Crippen molar-refractivity contribution in [3.05, 3.63) is 47.3 Å². The minimum absolute atomic E-state index is 0.167. The summed E-state index contributed by atoms with van der Waals surface area (Å²) in [7, 11) is 0. The van der Waals surface area contributed by atoms with Crippen LogP contribution in [0.2, 0.25) is 0 Å². The second kappa shape index (κ2) is 8.88. The Morgan fingerprint density at radius 2 is 2.09 bits per heavy atom. The summed E-state index contributed by atoms with van der Waals surface area (Å²) in [4.78, 5) is 28.9. The highest BCUT2D eigenvalue weighted by Gasteiger charge is 2.34. The molecule has 0 unspecified atom stereocenters. The van der Waals surface area contributed by atoms with E-state index in [4.69, 9.17) is 9.97 Å². The number of hydrogen-bond donors (Lipinski definition) is 3. The number of rotatable bonds is 6. The molecule has 5 rings (SSSR count). The van der Waals surface area contributed by atoms with Gasteiger partial charge in [-0.2, -0.15) is 9.37 Å². The standard InChI is InChI=1S/C23H27FN8O2/c1-13(2)17-11-20(32(34)30-17)28-21-15-5-3-6-16(15)27-23(29-21)31-10-4-7-18(31)22(33)26-14-8-9-19(24)25-12-14/h8-9,11-13,18,34H,3-7,10H2,1-2H3,(H,26,33)(H,27,28,29)/t18-/m1/s1. The lowest BCUT2D eigenvalue weighted by Gasteiger charge is -2.25.